The molecule has 1 unspecified atom stereocenters. The zero-order valence-corrected chi connectivity index (χ0v) is 16.0. The zero-order chi connectivity index (χ0) is 19.6. The van der Waals surface area contributed by atoms with Crippen molar-refractivity contribution in [1.29, 1.82) is 0 Å². The van der Waals surface area contributed by atoms with Crippen LogP contribution in [-0.4, -0.2) is 56.6 Å². The number of rotatable bonds is 5. The summed E-state index contributed by atoms with van der Waals surface area (Å²) in [5, 5.41) is 11.4. The Balaban J connectivity index is 1.69. The third kappa shape index (κ3) is 4.47. The van der Waals surface area contributed by atoms with Crippen molar-refractivity contribution in [2.45, 2.75) is 24.2 Å². The van der Waals surface area contributed by atoms with Crippen LogP contribution in [0.25, 0.3) is 0 Å². The van der Waals surface area contributed by atoms with Gasteiger partial charge in [0.1, 0.15) is 5.69 Å². The van der Waals surface area contributed by atoms with E-state index in [2.05, 4.69) is 12.2 Å². The van der Waals surface area contributed by atoms with E-state index in [1.807, 2.05) is 4.90 Å². The van der Waals surface area contributed by atoms with Crippen LogP contribution in [0.3, 0.4) is 0 Å². The van der Waals surface area contributed by atoms with E-state index in [0.29, 0.717) is 44.2 Å². The molecule has 0 spiro atoms. The van der Waals surface area contributed by atoms with Gasteiger partial charge in [-0.15, -0.1) is 0 Å². The minimum absolute atomic E-state index is 0.0728. The summed E-state index contributed by atoms with van der Waals surface area (Å²) in [4.78, 5) is 26.9. The van der Waals surface area contributed by atoms with Crippen LogP contribution < -0.4 is 4.90 Å². The van der Waals surface area contributed by atoms with Gasteiger partial charge >= 0.3 is 0 Å². The second kappa shape index (κ2) is 7.67. The molecule has 146 valence electrons. The van der Waals surface area contributed by atoms with E-state index in [1.165, 1.54) is 12.1 Å². The average molecular weight is 393 g/mol. The van der Waals surface area contributed by atoms with Crippen molar-refractivity contribution in [3.8, 4) is 0 Å². The van der Waals surface area contributed by atoms with Crippen molar-refractivity contribution in [3.63, 3.8) is 0 Å². The summed E-state index contributed by atoms with van der Waals surface area (Å²) in [6, 6.07) is 3.98. The summed E-state index contributed by atoms with van der Waals surface area (Å²) in [6.45, 7) is 1.96. The standard InChI is InChI=1S/C18H23N3O5S/c1-27(25,26)15-6-7-16(17(13-15)21(23)24)19-8-10-20(11-9-19)18(22)12-14-4-2-3-5-14/h2,4,6-7,13-14H,3,5,8-12H2,1H3. The molecule has 0 aromatic heterocycles. The molecule has 0 saturated carbocycles. The molecule has 1 aromatic carbocycles. The van der Waals surface area contributed by atoms with Crippen molar-refractivity contribution in [3.05, 3.63) is 40.5 Å². The van der Waals surface area contributed by atoms with E-state index < -0.39 is 14.8 Å². The first-order chi connectivity index (χ1) is 12.8. The molecule has 0 bridgehead atoms. The van der Waals surface area contributed by atoms with Gasteiger partial charge in [0.2, 0.25) is 5.91 Å². The molecular weight excluding hydrogens is 370 g/mol. The third-order valence-electron chi connectivity index (χ3n) is 5.09. The minimum Gasteiger partial charge on any atom is -0.362 e. The fourth-order valence-corrected chi connectivity index (χ4v) is 4.20. The summed E-state index contributed by atoms with van der Waals surface area (Å²) in [5.41, 5.74) is 0.159. The molecule has 1 aliphatic heterocycles. The van der Waals surface area contributed by atoms with Gasteiger partial charge < -0.3 is 9.80 Å². The van der Waals surface area contributed by atoms with E-state index in [1.54, 1.807) is 4.90 Å². The number of carbonyl (C=O) groups is 1. The maximum atomic E-state index is 12.4. The van der Waals surface area contributed by atoms with Gasteiger partial charge in [0.15, 0.2) is 9.84 Å². The third-order valence-corrected chi connectivity index (χ3v) is 6.20. The topological polar surface area (TPSA) is 101 Å². The highest BCUT2D eigenvalue weighted by Crippen LogP contribution is 2.31. The quantitative estimate of drug-likeness (QED) is 0.431. The summed E-state index contributed by atoms with van der Waals surface area (Å²) < 4.78 is 23.3. The number of nitro groups is 1. The Morgan fingerprint density at radius 2 is 1.96 bits per heavy atom. The minimum atomic E-state index is -3.52. The fraction of sp³-hybridized carbons (Fsp3) is 0.500. The number of nitro benzene ring substituents is 1. The SMILES string of the molecule is CS(=O)(=O)c1ccc(N2CCN(C(=O)CC3C=CCC3)CC2)c([N+](=O)[O-])c1. The van der Waals surface area contributed by atoms with Gasteiger partial charge in [-0.3, -0.25) is 14.9 Å². The Bertz CT molecular complexity index is 873. The van der Waals surface area contributed by atoms with Crippen LogP contribution in [0.15, 0.2) is 35.2 Å². The fourth-order valence-electron chi connectivity index (χ4n) is 3.56. The molecule has 2 aliphatic rings. The molecule has 1 saturated heterocycles. The molecule has 1 aliphatic carbocycles. The number of carbonyl (C=O) groups excluding carboxylic acids is 1. The molecule has 0 N–H and O–H groups in total. The van der Waals surface area contributed by atoms with Crippen molar-refractivity contribution >= 4 is 27.1 Å². The van der Waals surface area contributed by atoms with Gasteiger partial charge in [-0.05, 0) is 30.9 Å². The molecule has 1 amide bonds. The number of benzene rings is 1. The van der Waals surface area contributed by atoms with Gasteiger partial charge in [-0.1, -0.05) is 12.2 Å². The summed E-state index contributed by atoms with van der Waals surface area (Å²) in [7, 11) is -3.52. The average Bonchev–Trinajstić information content (AvgIpc) is 3.13. The van der Waals surface area contributed by atoms with Crippen LogP contribution in [-0.2, 0) is 14.6 Å². The summed E-state index contributed by atoms with van der Waals surface area (Å²) in [5.74, 6) is 0.438. The van der Waals surface area contributed by atoms with Gasteiger partial charge in [0.05, 0.1) is 9.82 Å². The first kappa shape index (κ1) is 19.3. The highest BCUT2D eigenvalue weighted by Gasteiger charge is 2.28. The van der Waals surface area contributed by atoms with E-state index >= 15 is 0 Å². The predicted octanol–water partition coefficient (Wildman–Crippen LogP) is 2.00. The van der Waals surface area contributed by atoms with Crippen LogP contribution in [0.4, 0.5) is 11.4 Å². The molecule has 0 radical (unpaired) electrons. The zero-order valence-electron chi connectivity index (χ0n) is 15.2. The highest BCUT2D eigenvalue weighted by molar-refractivity contribution is 7.90. The Morgan fingerprint density at radius 1 is 1.26 bits per heavy atom. The Kier molecular flexibility index (Phi) is 5.50. The number of nitrogens with zero attached hydrogens (tertiary/aromatic N) is 3. The number of piperazine rings is 1. The van der Waals surface area contributed by atoms with Crippen LogP contribution in [0.5, 0.6) is 0 Å². The Morgan fingerprint density at radius 3 is 2.52 bits per heavy atom. The van der Waals surface area contributed by atoms with Crippen LogP contribution in [0.1, 0.15) is 19.3 Å². The van der Waals surface area contributed by atoms with E-state index in [9.17, 15) is 23.3 Å². The second-order valence-corrected chi connectivity index (χ2v) is 9.03. The van der Waals surface area contributed by atoms with E-state index in [-0.39, 0.29) is 16.5 Å². The number of allylic oxidation sites excluding steroid dienone is 2. The lowest BCUT2D eigenvalue weighted by molar-refractivity contribution is -0.384. The van der Waals surface area contributed by atoms with Gasteiger partial charge in [0, 0.05) is 44.9 Å². The van der Waals surface area contributed by atoms with E-state index in [4.69, 9.17) is 0 Å². The van der Waals surface area contributed by atoms with Crippen molar-refractivity contribution in [2.24, 2.45) is 5.92 Å². The second-order valence-electron chi connectivity index (χ2n) is 7.02. The summed E-state index contributed by atoms with van der Waals surface area (Å²) in [6.07, 6.45) is 7.79. The molecule has 8 nitrogen and oxygen atoms in total. The molecule has 3 rings (SSSR count). The van der Waals surface area contributed by atoms with Crippen molar-refractivity contribution in [2.75, 3.05) is 37.3 Å². The van der Waals surface area contributed by atoms with Gasteiger partial charge in [-0.2, -0.15) is 0 Å². The molecular formula is C18H23N3O5S. The number of hydrogen-bond acceptors (Lipinski definition) is 6. The van der Waals surface area contributed by atoms with Crippen LogP contribution >= 0.6 is 0 Å². The number of hydrogen-bond donors (Lipinski definition) is 0. The van der Waals surface area contributed by atoms with Crippen molar-refractivity contribution < 1.29 is 18.1 Å². The normalized spacial score (nSPS) is 20.1. The maximum absolute atomic E-state index is 12.4. The number of amides is 1. The first-order valence-electron chi connectivity index (χ1n) is 8.93. The Labute approximate surface area is 158 Å². The molecule has 1 heterocycles. The van der Waals surface area contributed by atoms with Gasteiger partial charge in [0.25, 0.3) is 5.69 Å². The van der Waals surface area contributed by atoms with Gasteiger partial charge in [-0.25, -0.2) is 8.42 Å². The maximum Gasteiger partial charge on any atom is 0.293 e. The molecule has 1 fully saturated rings. The molecule has 27 heavy (non-hydrogen) atoms. The number of sulfone groups is 1. The lowest BCUT2D eigenvalue weighted by Gasteiger charge is -2.36. The molecule has 1 atom stereocenters. The lowest BCUT2D eigenvalue weighted by Crippen LogP contribution is -2.49. The highest BCUT2D eigenvalue weighted by atomic mass is 32.2. The summed E-state index contributed by atoms with van der Waals surface area (Å²) >= 11 is 0. The number of anilines is 1. The van der Waals surface area contributed by atoms with E-state index in [0.717, 1.165) is 25.2 Å². The largest absolute Gasteiger partial charge is 0.362 e. The predicted molar refractivity (Wildman–Crippen MR) is 101 cm³/mol. The van der Waals surface area contributed by atoms with Crippen LogP contribution in [0.2, 0.25) is 0 Å². The smallest absolute Gasteiger partial charge is 0.293 e. The molecule has 1 aromatic rings. The lowest BCUT2D eigenvalue weighted by atomic mass is 10.0. The Hall–Kier alpha value is -2.42. The van der Waals surface area contributed by atoms with Crippen LogP contribution in [0, 0.1) is 16.0 Å². The monoisotopic (exact) mass is 393 g/mol. The van der Waals surface area contributed by atoms with Crippen molar-refractivity contribution in [1.82, 2.24) is 4.90 Å². The first-order valence-corrected chi connectivity index (χ1v) is 10.8. The molecule has 9 heteroatoms.